The van der Waals surface area contributed by atoms with Crippen molar-refractivity contribution in [2.45, 2.75) is 6.54 Å². The van der Waals surface area contributed by atoms with Crippen LogP contribution in [0.2, 0.25) is 0 Å². The van der Waals surface area contributed by atoms with E-state index in [4.69, 9.17) is 5.73 Å². The molecule has 0 bridgehead atoms. The molecule has 0 amide bonds. The minimum Gasteiger partial charge on any atom is -0.389 e. The van der Waals surface area contributed by atoms with Crippen LogP contribution in [0.25, 0.3) is 0 Å². The highest BCUT2D eigenvalue weighted by Crippen LogP contribution is 2.20. The van der Waals surface area contributed by atoms with Gasteiger partial charge in [-0.05, 0) is 12.1 Å². The molecule has 1 aromatic heterocycles. The first-order valence-electron chi connectivity index (χ1n) is 5.56. The highest BCUT2D eigenvalue weighted by molar-refractivity contribution is 7.80. The summed E-state index contributed by atoms with van der Waals surface area (Å²) in [7, 11) is 0. The van der Waals surface area contributed by atoms with Crippen molar-refractivity contribution >= 4 is 22.9 Å². The van der Waals surface area contributed by atoms with Crippen molar-refractivity contribution in [3.05, 3.63) is 48.1 Å². The molecular formula is C12H12F2N4S. The van der Waals surface area contributed by atoms with Gasteiger partial charge >= 0.3 is 0 Å². The van der Waals surface area contributed by atoms with Crippen LogP contribution in [0.4, 0.5) is 14.5 Å². The second kappa shape index (κ2) is 5.75. The van der Waals surface area contributed by atoms with Gasteiger partial charge in [0.1, 0.15) is 22.3 Å². The van der Waals surface area contributed by atoms with Crippen LogP contribution in [0.5, 0.6) is 0 Å². The van der Waals surface area contributed by atoms with Crippen molar-refractivity contribution < 1.29 is 8.78 Å². The van der Waals surface area contributed by atoms with E-state index >= 15 is 0 Å². The Bertz CT molecular complexity index is 560. The Balaban J connectivity index is 2.06. The molecule has 0 aliphatic heterocycles. The topological polar surface area (TPSA) is 55.9 Å². The Hall–Kier alpha value is -2.02. The van der Waals surface area contributed by atoms with Crippen molar-refractivity contribution in [3.8, 4) is 0 Å². The van der Waals surface area contributed by atoms with Gasteiger partial charge in [-0.15, -0.1) is 0 Å². The van der Waals surface area contributed by atoms with Crippen LogP contribution < -0.4 is 11.1 Å². The summed E-state index contributed by atoms with van der Waals surface area (Å²) >= 11 is 4.68. The lowest BCUT2D eigenvalue weighted by atomic mass is 10.2. The molecule has 0 spiro atoms. The first-order valence-corrected chi connectivity index (χ1v) is 5.97. The Kier molecular flexibility index (Phi) is 4.06. The molecule has 4 nitrogen and oxygen atoms in total. The molecule has 0 aliphatic rings. The molecule has 0 aliphatic carbocycles. The van der Waals surface area contributed by atoms with Crippen LogP contribution in [0, 0.1) is 11.6 Å². The summed E-state index contributed by atoms with van der Waals surface area (Å²) in [5.74, 6) is -1.43. The van der Waals surface area contributed by atoms with Crippen LogP contribution in [-0.4, -0.2) is 21.1 Å². The van der Waals surface area contributed by atoms with Gasteiger partial charge in [0.2, 0.25) is 0 Å². The fourth-order valence-electron chi connectivity index (χ4n) is 1.61. The van der Waals surface area contributed by atoms with Crippen LogP contribution >= 0.6 is 12.2 Å². The zero-order chi connectivity index (χ0) is 13.8. The van der Waals surface area contributed by atoms with Crippen molar-refractivity contribution in [1.82, 2.24) is 9.55 Å². The zero-order valence-corrected chi connectivity index (χ0v) is 10.8. The predicted octanol–water partition coefficient (Wildman–Crippen LogP) is 1.91. The number of imidazole rings is 1. The molecule has 0 radical (unpaired) electrons. The summed E-state index contributed by atoms with van der Waals surface area (Å²) in [5.41, 5.74) is 5.32. The maximum atomic E-state index is 13.7. The third-order valence-corrected chi connectivity index (χ3v) is 2.79. The van der Waals surface area contributed by atoms with Gasteiger partial charge in [0.15, 0.2) is 0 Å². The lowest BCUT2D eigenvalue weighted by Gasteiger charge is -2.10. The van der Waals surface area contributed by atoms with Gasteiger partial charge < -0.3 is 15.6 Å². The molecule has 2 rings (SSSR count). The smallest absolute Gasteiger partial charge is 0.150 e. The Morgan fingerprint density at radius 1 is 1.37 bits per heavy atom. The summed E-state index contributed by atoms with van der Waals surface area (Å²) in [4.78, 5) is 3.83. The molecule has 0 saturated heterocycles. The van der Waals surface area contributed by atoms with Gasteiger partial charge in [-0.2, -0.15) is 0 Å². The Morgan fingerprint density at radius 2 is 2.05 bits per heavy atom. The average Bonchev–Trinajstić information content (AvgIpc) is 2.85. The number of anilines is 1. The zero-order valence-electron chi connectivity index (χ0n) is 9.94. The standard InChI is InChI=1S/C12H12F2N4S/c13-9-5-8(12(15)19)6-10(14)11(9)17-2-4-18-3-1-16-7-18/h1,3,5-7,17H,2,4H2,(H2,15,19). The minimum absolute atomic E-state index is 0.0391. The normalized spacial score (nSPS) is 10.4. The summed E-state index contributed by atoms with van der Waals surface area (Å²) in [5, 5.41) is 2.70. The maximum Gasteiger partial charge on any atom is 0.150 e. The molecule has 100 valence electrons. The van der Waals surface area contributed by atoms with Gasteiger partial charge in [0, 0.05) is 31.0 Å². The van der Waals surface area contributed by atoms with Crippen LogP contribution in [0.15, 0.2) is 30.9 Å². The van der Waals surface area contributed by atoms with E-state index in [1.54, 1.807) is 23.3 Å². The number of aromatic nitrogens is 2. The predicted molar refractivity (Wildman–Crippen MR) is 73.0 cm³/mol. The van der Waals surface area contributed by atoms with Gasteiger partial charge in [-0.1, -0.05) is 12.2 Å². The highest BCUT2D eigenvalue weighted by atomic mass is 32.1. The van der Waals surface area contributed by atoms with Crippen molar-refractivity contribution in [3.63, 3.8) is 0 Å². The summed E-state index contributed by atoms with van der Waals surface area (Å²) < 4.78 is 29.2. The third kappa shape index (κ3) is 3.25. The maximum absolute atomic E-state index is 13.7. The van der Waals surface area contributed by atoms with Crippen molar-refractivity contribution in [1.29, 1.82) is 0 Å². The number of rotatable bonds is 5. The van der Waals surface area contributed by atoms with E-state index in [1.165, 1.54) is 0 Å². The van der Waals surface area contributed by atoms with E-state index in [2.05, 4.69) is 22.5 Å². The van der Waals surface area contributed by atoms with E-state index in [9.17, 15) is 8.78 Å². The van der Waals surface area contributed by atoms with Gasteiger partial charge in [-0.25, -0.2) is 13.8 Å². The van der Waals surface area contributed by atoms with Crippen LogP contribution in [-0.2, 0) is 6.54 Å². The van der Waals surface area contributed by atoms with E-state index in [-0.39, 0.29) is 16.2 Å². The number of halogens is 2. The number of hydrogen-bond acceptors (Lipinski definition) is 3. The Morgan fingerprint density at radius 3 is 2.58 bits per heavy atom. The summed E-state index contributed by atoms with van der Waals surface area (Å²) in [6.45, 7) is 0.923. The van der Waals surface area contributed by atoms with Crippen molar-refractivity contribution in [2.24, 2.45) is 5.73 Å². The number of benzene rings is 1. The van der Waals surface area contributed by atoms with Crippen LogP contribution in [0.1, 0.15) is 5.56 Å². The van der Waals surface area contributed by atoms with Gasteiger partial charge in [-0.3, -0.25) is 0 Å². The molecule has 1 heterocycles. The number of nitrogens with two attached hydrogens (primary N) is 1. The largest absolute Gasteiger partial charge is 0.389 e. The number of nitrogens with one attached hydrogen (secondary N) is 1. The molecule has 0 fully saturated rings. The molecule has 0 atom stereocenters. The van der Waals surface area contributed by atoms with Gasteiger partial charge in [0.05, 0.1) is 6.33 Å². The van der Waals surface area contributed by atoms with E-state index in [0.29, 0.717) is 13.1 Å². The third-order valence-electron chi connectivity index (χ3n) is 2.56. The monoisotopic (exact) mass is 282 g/mol. The second-order valence-electron chi connectivity index (χ2n) is 3.91. The lowest BCUT2D eigenvalue weighted by molar-refractivity contribution is 0.585. The fourth-order valence-corrected chi connectivity index (χ4v) is 1.73. The molecule has 1 aromatic carbocycles. The molecular weight excluding hydrogens is 270 g/mol. The summed E-state index contributed by atoms with van der Waals surface area (Å²) in [6, 6.07) is 2.23. The van der Waals surface area contributed by atoms with E-state index in [0.717, 1.165) is 12.1 Å². The highest BCUT2D eigenvalue weighted by Gasteiger charge is 2.11. The van der Waals surface area contributed by atoms with Crippen molar-refractivity contribution in [2.75, 3.05) is 11.9 Å². The first-order chi connectivity index (χ1) is 9.08. The number of nitrogens with zero attached hydrogens (tertiary/aromatic N) is 2. The molecule has 3 N–H and O–H groups in total. The quantitative estimate of drug-likeness (QED) is 0.823. The average molecular weight is 282 g/mol. The fraction of sp³-hybridized carbons (Fsp3) is 0.167. The van der Waals surface area contributed by atoms with Crippen LogP contribution in [0.3, 0.4) is 0 Å². The number of thiocarbonyl (C=S) groups is 1. The molecule has 2 aromatic rings. The summed E-state index contributed by atoms with van der Waals surface area (Å²) in [6.07, 6.45) is 5.03. The number of hydrogen-bond donors (Lipinski definition) is 2. The molecule has 0 unspecified atom stereocenters. The second-order valence-corrected chi connectivity index (χ2v) is 4.35. The molecule has 0 saturated carbocycles. The van der Waals surface area contributed by atoms with E-state index < -0.39 is 11.6 Å². The molecule has 7 heteroatoms. The minimum atomic E-state index is -0.714. The van der Waals surface area contributed by atoms with E-state index in [1.807, 2.05) is 0 Å². The lowest BCUT2D eigenvalue weighted by Crippen LogP contribution is -2.14. The Labute approximate surface area is 114 Å². The first kappa shape index (κ1) is 13.4. The van der Waals surface area contributed by atoms with Gasteiger partial charge in [0.25, 0.3) is 0 Å². The molecule has 19 heavy (non-hydrogen) atoms. The SMILES string of the molecule is NC(=S)c1cc(F)c(NCCn2ccnc2)c(F)c1.